The van der Waals surface area contributed by atoms with Crippen LogP contribution in [0, 0.1) is 0 Å². The van der Waals surface area contributed by atoms with Crippen molar-refractivity contribution in [3.63, 3.8) is 0 Å². The zero-order chi connectivity index (χ0) is 33.5. The molecule has 0 saturated carbocycles. The Balaban J connectivity index is 1.62. The molecular weight excluding hydrogens is 588 g/mol. The second-order valence-electron chi connectivity index (χ2n) is 15.3. The predicted octanol–water partition coefficient (Wildman–Crippen LogP) is 11.2. The van der Waals surface area contributed by atoms with Crippen molar-refractivity contribution in [3.8, 4) is 0 Å². The Kier molecular flexibility index (Phi) is 5.96. The first-order chi connectivity index (χ1) is 23.0. The molecule has 0 saturated heterocycles. The molecule has 0 unspecified atom stereocenters. The van der Waals surface area contributed by atoms with E-state index >= 15 is 0 Å². The fraction of sp³-hybridized carbons (Fsp3) is 0.273. The van der Waals surface area contributed by atoms with Crippen molar-refractivity contribution in [1.82, 2.24) is 8.80 Å². The Hall–Kier alpha value is -4.96. The molecule has 5 aromatic carbocycles. The third-order valence-electron chi connectivity index (χ3n) is 11.1. The zero-order valence-corrected chi connectivity index (χ0v) is 28.9. The molecule has 0 spiro atoms. The maximum Gasteiger partial charge on any atom is 0.197 e. The van der Waals surface area contributed by atoms with Gasteiger partial charge in [-0.05, 0) is 101 Å². The second kappa shape index (κ2) is 9.79. The van der Waals surface area contributed by atoms with Crippen LogP contribution in [0.1, 0.15) is 101 Å². The summed E-state index contributed by atoms with van der Waals surface area (Å²) in [7, 11) is 0. The van der Waals surface area contributed by atoms with Gasteiger partial charge in [-0.25, -0.2) is 0 Å². The number of hydrogen-bond acceptors (Lipinski definition) is 2. The first kappa shape index (κ1) is 29.2. The van der Waals surface area contributed by atoms with Crippen molar-refractivity contribution in [2.45, 2.75) is 79.1 Å². The minimum Gasteiger partial charge on any atom is -0.308 e. The maximum atomic E-state index is 14.4. The van der Waals surface area contributed by atoms with Gasteiger partial charge in [0.15, 0.2) is 10.9 Å². The smallest absolute Gasteiger partial charge is 0.197 e. The summed E-state index contributed by atoms with van der Waals surface area (Å²) >= 11 is 0. The number of pyridine rings is 2. The van der Waals surface area contributed by atoms with Crippen LogP contribution < -0.4 is 10.9 Å². The lowest BCUT2D eigenvalue weighted by Crippen LogP contribution is -2.08. The fourth-order valence-corrected chi connectivity index (χ4v) is 8.28. The molecule has 48 heavy (non-hydrogen) atoms. The lowest BCUT2D eigenvalue weighted by molar-refractivity contribution is 0.868. The topological polar surface area (TPSA) is 43.0 Å². The van der Waals surface area contributed by atoms with E-state index in [0.717, 1.165) is 87.3 Å². The van der Waals surface area contributed by atoms with Crippen LogP contribution in [0.4, 0.5) is 0 Å². The standard InChI is InChI=1S/C44H40N2O2/c1-21(2)25-9-12-36-31(15-25)43(47)35-20-28(24(7)8)18-33-39-38(45(36)41(33)35)14-11-29-30-17-27(23(5)6)19-34-40(30)46(42(29)39)37-13-10-26(22(3)4)16-32(37)44(34)48/h9-24H,1-8H3. The lowest BCUT2D eigenvalue weighted by atomic mass is 9.95. The highest BCUT2D eigenvalue weighted by atomic mass is 16.1. The quantitative estimate of drug-likeness (QED) is 0.182. The van der Waals surface area contributed by atoms with E-state index in [0.29, 0.717) is 11.8 Å². The van der Waals surface area contributed by atoms with Gasteiger partial charge in [0, 0.05) is 43.1 Å². The molecule has 0 atom stereocenters. The Morgan fingerprint density at radius 2 is 0.792 bits per heavy atom. The molecule has 9 rings (SSSR count). The molecule has 0 bridgehead atoms. The van der Waals surface area contributed by atoms with Gasteiger partial charge in [0.05, 0.1) is 33.1 Å². The summed E-state index contributed by atoms with van der Waals surface area (Å²) in [6, 6.07) is 26.2. The van der Waals surface area contributed by atoms with E-state index in [4.69, 9.17) is 0 Å². The number of rotatable bonds is 4. The lowest BCUT2D eigenvalue weighted by Gasteiger charge is -2.13. The first-order valence-corrected chi connectivity index (χ1v) is 17.5. The average molecular weight is 629 g/mol. The van der Waals surface area contributed by atoms with Crippen molar-refractivity contribution in [1.29, 1.82) is 0 Å². The SMILES string of the molecule is CC(C)c1ccc2c(c1)c(=O)c1cc(C(C)C)cc3c4c(ccc5c6cc(C(C)C)cc7c(=O)c8cc(C(C)C)ccc8n(c76)c54)n2c13. The van der Waals surface area contributed by atoms with E-state index in [1.54, 1.807) is 0 Å². The summed E-state index contributed by atoms with van der Waals surface area (Å²) in [5.41, 5.74) is 10.8. The number of aromatic nitrogens is 2. The maximum absolute atomic E-state index is 14.4. The molecule has 9 aromatic rings. The molecule has 4 heteroatoms. The molecule has 0 radical (unpaired) electrons. The van der Waals surface area contributed by atoms with Gasteiger partial charge in [0.25, 0.3) is 0 Å². The predicted molar refractivity (Wildman–Crippen MR) is 205 cm³/mol. The van der Waals surface area contributed by atoms with Gasteiger partial charge in [-0.15, -0.1) is 0 Å². The van der Waals surface area contributed by atoms with Gasteiger partial charge in [-0.1, -0.05) is 73.6 Å². The average Bonchev–Trinajstić information content (AvgIpc) is 3.58. The molecule has 0 N–H and O–H groups in total. The Bertz CT molecular complexity index is 2940. The molecule has 238 valence electrons. The van der Waals surface area contributed by atoms with Crippen molar-refractivity contribution in [3.05, 3.63) is 115 Å². The number of fused-ring (bicyclic) bond motifs is 11. The van der Waals surface area contributed by atoms with Crippen LogP contribution in [-0.2, 0) is 0 Å². The second-order valence-corrected chi connectivity index (χ2v) is 15.3. The van der Waals surface area contributed by atoms with Crippen LogP contribution in [0.25, 0.3) is 76.2 Å². The third-order valence-corrected chi connectivity index (χ3v) is 11.1. The molecule has 0 aliphatic heterocycles. The van der Waals surface area contributed by atoms with E-state index in [2.05, 4.69) is 137 Å². The van der Waals surface area contributed by atoms with Crippen LogP contribution in [0.15, 0.2) is 82.4 Å². The summed E-state index contributed by atoms with van der Waals surface area (Å²) in [5.74, 6) is 1.14. The van der Waals surface area contributed by atoms with Crippen molar-refractivity contribution in [2.75, 3.05) is 0 Å². The van der Waals surface area contributed by atoms with Gasteiger partial charge < -0.3 is 8.80 Å². The summed E-state index contributed by atoms with van der Waals surface area (Å²) < 4.78 is 4.69. The highest BCUT2D eigenvalue weighted by Gasteiger charge is 2.26. The largest absolute Gasteiger partial charge is 0.308 e. The fourth-order valence-electron chi connectivity index (χ4n) is 8.28. The van der Waals surface area contributed by atoms with E-state index in [-0.39, 0.29) is 22.7 Å². The minimum absolute atomic E-state index is 0.0919. The summed E-state index contributed by atoms with van der Waals surface area (Å²) in [6.45, 7) is 17.5. The normalized spacial score (nSPS) is 13.1. The minimum atomic E-state index is 0.0919. The van der Waals surface area contributed by atoms with Crippen LogP contribution >= 0.6 is 0 Å². The Morgan fingerprint density at radius 1 is 0.375 bits per heavy atom. The van der Waals surface area contributed by atoms with E-state index in [1.807, 2.05) is 0 Å². The molecule has 4 nitrogen and oxygen atoms in total. The molecule has 0 aliphatic rings. The molecule has 4 heterocycles. The van der Waals surface area contributed by atoms with Crippen molar-refractivity contribution < 1.29 is 0 Å². The Labute approximate surface area is 278 Å². The molecular formula is C44H40N2O2. The highest BCUT2D eigenvalue weighted by molar-refractivity contribution is 6.30. The van der Waals surface area contributed by atoms with Crippen LogP contribution in [0.3, 0.4) is 0 Å². The third kappa shape index (κ3) is 3.66. The number of nitrogens with zero attached hydrogens (tertiary/aromatic N) is 2. The van der Waals surface area contributed by atoms with Gasteiger partial charge in [0.1, 0.15) is 0 Å². The van der Waals surface area contributed by atoms with Crippen molar-refractivity contribution in [2.24, 2.45) is 0 Å². The van der Waals surface area contributed by atoms with Gasteiger partial charge in [-0.3, -0.25) is 9.59 Å². The van der Waals surface area contributed by atoms with E-state index in [1.165, 1.54) is 11.1 Å². The first-order valence-electron chi connectivity index (χ1n) is 17.5. The van der Waals surface area contributed by atoms with Crippen LogP contribution in [0.5, 0.6) is 0 Å². The van der Waals surface area contributed by atoms with Crippen molar-refractivity contribution >= 4 is 76.2 Å². The molecule has 0 fully saturated rings. The van der Waals surface area contributed by atoms with Gasteiger partial charge in [0.2, 0.25) is 0 Å². The summed E-state index contributed by atoms with van der Waals surface area (Å²) in [6.07, 6.45) is 0. The van der Waals surface area contributed by atoms with Gasteiger partial charge in [-0.2, -0.15) is 0 Å². The highest BCUT2D eigenvalue weighted by Crippen LogP contribution is 2.44. The van der Waals surface area contributed by atoms with E-state index < -0.39 is 0 Å². The van der Waals surface area contributed by atoms with Gasteiger partial charge >= 0.3 is 0 Å². The molecule has 0 aliphatic carbocycles. The zero-order valence-electron chi connectivity index (χ0n) is 28.9. The summed E-state index contributed by atoms with van der Waals surface area (Å²) in [5, 5.41) is 7.50. The summed E-state index contributed by atoms with van der Waals surface area (Å²) in [4.78, 5) is 28.8. The molecule has 0 amide bonds. The van der Waals surface area contributed by atoms with Crippen LogP contribution in [-0.4, -0.2) is 8.80 Å². The monoisotopic (exact) mass is 628 g/mol. The molecule has 4 aromatic heterocycles. The van der Waals surface area contributed by atoms with Crippen LogP contribution in [0.2, 0.25) is 0 Å². The Morgan fingerprint density at radius 3 is 1.31 bits per heavy atom. The number of hydrogen-bond donors (Lipinski definition) is 0. The van der Waals surface area contributed by atoms with E-state index in [9.17, 15) is 9.59 Å². The number of benzene rings is 5.